The molecule has 1 fully saturated rings. The van der Waals surface area contributed by atoms with Crippen molar-refractivity contribution in [2.45, 2.75) is 23.6 Å². The average Bonchev–Trinajstić information content (AvgIpc) is 2.67. The Hall–Kier alpha value is -1.18. The van der Waals surface area contributed by atoms with Gasteiger partial charge in [-0.15, -0.1) is 11.6 Å². The van der Waals surface area contributed by atoms with Crippen LogP contribution in [0.3, 0.4) is 0 Å². The molecule has 1 saturated heterocycles. The number of aromatic amines is 1. The molecule has 0 aromatic carbocycles. The highest BCUT2D eigenvalue weighted by Gasteiger charge is 2.47. The molecule has 1 aliphatic rings. The van der Waals surface area contributed by atoms with Gasteiger partial charge in [-0.25, -0.2) is 9.18 Å². The van der Waals surface area contributed by atoms with Gasteiger partial charge in [0.2, 0.25) is 0 Å². The number of nitrogens with zero attached hydrogens (tertiary/aromatic N) is 1. The van der Waals surface area contributed by atoms with Crippen molar-refractivity contribution in [3.63, 3.8) is 0 Å². The number of H-pyrrole nitrogens is 1. The molecule has 1 aromatic rings. The minimum absolute atomic E-state index is 0.0811. The Labute approximate surface area is 106 Å². The van der Waals surface area contributed by atoms with E-state index in [1.165, 1.54) is 6.20 Å². The molecule has 3 atom stereocenters. The monoisotopic (exact) mass is 278 g/mol. The molecule has 6 nitrogen and oxygen atoms in total. The predicted molar refractivity (Wildman–Crippen MR) is 61.5 cm³/mol. The maximum atomic E-state index is 12.9. The predicted octanol–water partition coefficient (Wildman–Crippen LogP) is -0.237. The molecule has 1 aromatic heterocycles. The summed E-state index contributed by atoms with van der Waals surface area (Å²) < 4.78 is 19.3. The summed E-state index contributed by atoms with van der Waals surface area (Å²) >= 11 is 6.01. The van der Waals surface area contributed by atoms with E-state index in [-0.39, 0.29) is 6.42 Å². The van der Waals surface area contributed by atoms with Gasteiger partial charge in [0, 0.05) is 18.7 Å². The van der Waals surface area contributed by atoms with Crippen LogP contribution in [-0.4, -0.2) is 38.9 Å². The van der Waals surface area contributed by atoms with E-state index in [0.29, 0.717) is 0 Å². The van der Waals surface area contributed by atoms with E-state index in [1.54, 1.807) is 0 Å². The van der Waals surface area contributed by atoms with Crippen molar-refractivity contribution in [3.05, 3.63) is 33.1 Å². The SMILES string of the molecule is O=c1ccn([C@H]2O[C@@](CO)(CF)C[C@H]2Cl)c(=O)[nH]1. The van der Waals surface area contributed by atoms with Crippen LogP contribution in [0.2, 0.25) is 0 Å². The zero-order chi connectivity index (χ0) is 13.3. The summed E-state index contributed by atoms with van der Waals surface area (Å²) in [6.45, 7) is -1.43. The Morgan fingerprint density at radius 2 is 2.39 bits per heavy atom. The first kappa shape index (κ1) is 13.3. The molecule has 2 rings (SSSR count). The number of halogens is 2. The molecule has 0 unspecified atom stereocenters. The van der Waals surface area contributed by atoms with E-state index in [2.05, 4.69) is 4.98 Å². The van der Waals surface area contributed by atoms with Gasteiger partial charge in [0.15, 0.2) is 6.23 Å². The normalized spacial score (nSPS) is 31.7. The first-order chi connectivity index (χ1) is 8.51. The smallest absolute Gasteiger partial charge is 0.330 e. The molecule has 0 aliphatic carbocycles. The van der Waals surface area contributed by atoms with Crippen molar-refractivity contribution in [2.24, 2.45) is 0 Å². The molecule has 8 heteroatoms. The first-order valence-corrected chi connectivity index (χ1v) is 5.75. The molecule has 1 aliphatic heterocycles. The van der Waals surface area contributed by atoms with Crippen LogP contribution in [-0.2, 0) is 4.74 Å². The number of nitrogens with one attached hydrogen (secondary N) is 1. The Balaban J connectivity index is 2.35. The lowest BCUT2D eigenvalue weighted by Gasteiger charge is -2.23. The molecule has 0 saturated carbocycles. The van der Waals surface area contributed by atoms with Crippen LogP contribution in [0.4, 0.5) is 4.39 Å². The van der Waals surface area contributed by atoms with E-state index < -0.39 is 41.7 Å². The Kier molecular flexibility index (Phi) is 3.56. The van der Waals surface area contributed by atoms with Gasteiger partial charge in [0.25, 0.3) is 5.56 Å². The molecular weight excluding hydrogens is 267 g/mol. The summed E-state index contributed by atoms with van der Waals surface area (Å²) in [6, 6.07) is 1.14. The number of ether oxygens (including phenoxy) is 1. The van der Waals surface area contributed by atoms with Crippen LogP contribution in [0.1, 0.15) is 12.6 Å². The molecule has 0 amide bonds. The van der Waals surface area contributed by atoms with Crippen LogP contribution < -0.4 is 11.2 Å². The molecule has 0 bridgehead atoms. The molecule has 2 heterocycles. The van der Waals surface area contributed by atoms with Gasteiger partial charge in [-0.05, 0) is 0 Å². The van der Waals surface area contributed by atoms with Gasteiger partial charge >= 0.3 is 5.69 Å². The van der Waals surface area contributed by atoms with E-state index >= 15 is 0 Å². The lowest BCUT2D eigenvalue weighted by atomic mass is 10.0. The Bertz CT molecular complexity index is 539. The molecule has 100 valence electrons. The second-order valence-corrected chi connectivity index (χ2v) is 4.78. The fourth-order valence-electron chi connectivity index (χ4n) is 1.92. The minimum atomic E-state index is -1.38. The highest BCUT2D eigenvalue weighted by molar-refractivity contribution is 6.21. The summed E-state index contributed by atoms with van der Waals surface area (Å²) in [6.07, 6.45) is 0.393. The standard InChI is InChI=1S/C10H12ClFN2O4/c11-6-3-10(4-12,5-15)18-8(6)14-2-1-7(16)13-9(14)17/h1-2,6,8,15H,3-5H2,(H,13,16,17)/t6-,8+,10-/m1/s1. The number of aliphatic hydroxyl groups excluding tert-OH is 1. The van der Waals surface area contributed by atoms with E-state index in [1.807, 2.05) is 0 Å². The number of hydrogen-bond acceptors (Lipinski definition) is 4. The fourth-order valence-corrected chi connectivity index (χ4v) is 2.38. The van der Waals surface area contributed by atoms with Crippen molar-refractivity contribution >= 4 is 11.6 Å². The highest BCUT2D eigenvalue weighted by Crippen LogP contribution is 2.39. The average molecular weight is 279 g/mol. The minimum Gasteiger partial charge on any atom is -0.393 e. The van der Waals surface area contributed by atoms with Crippen LogP contribution in [0.25, 0.3) is 0 Å². The molecular formula is C10H12ClFN2O4. The lowest BCUT2D eigenvalue weighted by Crippen LogP contribution is -2.37. The largest absolute Gasteiger partial charge is 0.393 e. The van der Waals surface area contributed by atoms with Crippen molar-refractivity contribution in [2.75, 3.05) is 13.3 Å². The Morgan fingerprint density at radius 3 is 2.89 bits per heavy atom. The second-order valence-electron chi connectivity index (χ2n) is 4.22. The summed E-state index contributed by atoms with van der Waals surface area (Å²) in [5.74, 6) is 0. The summed E-state index contributed by atoms with van der Waals surface area (Å²) in [5.41, 5.74) is -2.61. The van der Waals surface area contributed by atoms with Crippen molar-refractivity contribution < 1.29 is 14.2 Å². The van der Waals surface area contributed by atoms with Gasteiger partial charge in [-0.1, -0.05) is 0 Å². The second kappa shape index (κ2) is 4.83. The Morgan fingerprint density at radius 1 is 1.67 bits per heavy atom. The quantitative estimate of drug-likeness (QED) is 0.748. The van der Waals surface area contributed by atoms with E-state index in [4.69, 9.17) is 21.4 Å². The van der Waals surface area contributed by atoms with Crippen LogP contribution >= 0.6 is 11.6 Å². The third kappa shape index (κ3) is 2.21. The molecule has 0 spiro atoms. The zero-order valence-electron chi connectivity index (χ0n) is 9.31. The number of rotatable bonds is 3. The number of alkyl halides is 2. The molecule has 18 heavy (non-hydrogen) atoms. The molecule has 0 radical (unpaired) electrons. The number of aromatic nitrogens is 2. The maximum absolute atomic E-state index is 12.9. The van der Waals surface area contributed by atoms with Gasteiger partial charge in [0.05, 0.1) is 12.0 Å². The van der Waals surface area contributed by atoms with Gasteiger partial charge in [-0.3, -0.25) is 14.3 Å². The van der Waals surface area contributed by atoms with Crippen LogP contribution in [0.15, 0.2) is 21.9 Å². The number of hydrogen-bond donors (Lipinski definition) is 2. The topological polar surface area (TPSA) is 84.3 Å². The summed E-state index contributed by atoms with van der Waals surface area (Å²) in [4.78, 5) is 24.6. The maximum Gasteiger partial charge on any atom is 0.330 e. The van der Waals surface area contributed by atoms with E-state index in [0.717, 1.165) is 10.6 Å². The van der Waals surface area contributed by atoms with Crippen LogP contribution in [0.5, 0.6) is 0 Å². The first-order valence-electron chi connectivity index (χ1n) is 5.31. The fraction of sp³-hybridized carbons (Fsp3) is 0.600. The number of aliphatic hydroxyl groups is 1. The van der Waals surface area contributed by atoms with Gasteiger partial charge in [-0.2, -0.15) is 0 Å². The lowest BCUT2D eigenvalue weighted by molar-refractivity contribution is -0.109. The van der Waals surface area contributed by atoms with Crippen molar-refractivity contribution in [3.8, 4) is 0 Å². The third-order valence-electron chi connectivity index (χ3n) is 2.90. The zero-order valence-corrected chi connectivity index (χ0v) is 10.1. The highest BCUT2D eigenvalue weighted by atomic mass is 35.5. The summed E-state index contributed by atoms with van der Waals surface area (Å²) in [7, 11) is 0. The van der Waals surface area contributed by atoms with Gasteiger partial charge < -0.3 is 9.84 Å². The van der Waals surface area contributed by atoms with Crippen molar-refractivity contribution in [1.82, 2.24) is 9.55 Å². The third-order valence-corrected chi connectivity index (χ3v) is 3.27. The van der Waals surface area contributed by atoms with Gasteiger partial charge in [0.1, 0.15) is 12.3 Å². The van der Waals surface area contributed by atoms with E-state index in [9.17, 15) is 14.0 Å². The van der Waals surface area contributed by atoms with Crippen LogP contribution in [0, 0.1) is 0 Å². The summed E-state index contributed by atoms with van der Waals surface area (Å²) in [5, 5.41) is 8.47. The molecule has 2 N–H and O–H groups in total. The van der Waals surface area contributed by atoms with Crippen molar-refractivity contribution in [1.29, 1.82) is 0 Å².